The Hall–Kier alpha value is -2.60. The van der Waals surface area contributed by atoms with E-state index in [0.29, 0.717) is 23.6 Å². The van der Waals surface area contributed by atoms with Crippen LogP contribution in [0.5, 0.6) is 11.5 Å². The summed E-state index contributed by atoms with van der Waals surface area (Å²) < 4.78 is 11.2. The maximum atomic E-state index is 12.3. The summed E-state index contributed by atoms with van der Waals surface area (Å²) in [5, 5.41) is 12.3. The molecule has 3 rings (SSSR count). The molecule has 1 aliphatic heterocycles. The van der Waals surface area contributed by atoms with E-state index in [1.54, 1.807) is 24.3 Å². The molecule has 0 radical (unpaired) electrons. The lowest BCUT2D eigenvalue weighted by Gasteiger charge is -2.12. The number of benzene rings is 1. The van der Waals surface area contributed by atoms with Crippen molar-refractivity contribution in [2.45, 2.75) is 18.9 Å². The lowest BCUT2D eigenvalue weighted by molar-refractivity contribution is 0.0679. The van der Waals surface area contributed by atoms with Gasteiger partial charge in [-0.1, -0.05) is 6.07 Å². The van der Waals surface area contributed by atoms with Gasteiger partial charge in [0.25, 0.3) is 5.91 Å². The molecule has 0 unspecified atom stereocenters. The molecule has 1 aromatic heterocycles. The van der Waals surface area contributed by atoms with E-state index < -0.39 is 0 Å². The van der Waals surface area contributed by atoms with Crippen molar-refractivity contribution >= 4 is 11.6 Å². The number of anilines is 1. The summed E-state index contributed by atoms with van der Waals surface area (Å²) in [6, 6.07) is 8.45. The van der Waals surface area contributed by atoms with E-state index in [4.69, 9.17) is 9.47 Å². The number of amides is 1. The van der Waals surface area contributed by atoms with Gasteiger partial charge >= 0.3 is 0 Å². The lowest BCUT2D eigenvalue weighted by atomic mass is 10.2. The van der Waals surface area contributed by atoms with Gasteiger partial charge in [0.05, 0.1) is 18.0 Å². The fourth-order valence-corrected chi connectivity index (χ4v) is 2.38. The number of carbonyl (C=O) groups is 1. The van der Waals surface area contributed by atoms with Crippen LogP contribution < -0.4 is 10.1 Å². The van der Waals surface area contributed by atoms with Gasteiger partial charge in [0.15, 0.2) is 5.75 Å². The van der Waals surface area contributed by atoms with Crippen LogP contribution in [0.25, 0.3) is 0 Å². The highest BCUT2D eigenvalue weighted by atomic mass is 16.5. The summed E-state index contributed by atoms with van der Waals surface area (Å²) in [5.41, 5.74) is 0.765. The maximum Gasteiger partial charge on any atom is 0.255 e. The summed E-state index contributed by atoms with van der Waals surface area (Å²) in [5.74, 6) is 0.216. The van der Waals surface area contributed by atoms with Gasteiger partial charge in [-0.2, -0.15) is 0 Å². The van der Waals surface area contributed by atoms with Gasteiger partial charge in [0, 0.05) is 18.4 Å². The Kier molecular flexibility index (Phi) is 4.73. The molecule has 1 aromatic carbocycles. The fraction of sp³-hybridized carbons (Fsp3) is 0.294. The molecule has 2 aromatic rings. The molecule has 1 amide bonds. The van der Waals surface area contributed by atoms with Gasteiger partial charge in [-0.15, -0.1) is 0 Å². The number of pyridine rings is 1. The first-order valence-electron chi connectivity index (χ1n) is 7.51. The summed E-state index contributed by atoms with van der Waals surface area (Å²) in [6.45, 7) is 1.27. The second-order valence-electron chi connectivity index (χ2n) is 5.32. The highest BCUT2D eigenvalue weighted by Gasteiger charge is 2.16. The Morgan fingerprint density at radius 1 is 1.43 bits per heavy atom. The molecule has 0 aliphatic carbocycles. The first kappa shape index (κ1) is 15.3. The molecule has 1 aliphatic rings. The maximum absolute atomic E-state index is 12.3. The standard InChI is InChI=1S/C17H18N2O4/c20-16-10-18-7-6-15(16)19-17(21)12-3-1-4-13(9-12)23-11-14-5-2-8-22-14/h1,3-4,6-7,9-10,14,20H,2,5,8,11H2,(H,18,19,21)/t14-/m0/s1. The van der Waals surface area contributed by atoms with Gasteiger partial charge in [-0.25, -0.2) is 0 Å². The van der Waals surface area contributed by atoms with Crippen molar-refractivity contribution in [3.63, 3.8) is 0 Å². The number of aromatic nitrogens is 1. The molecule has 2 N–H and O–H groups in total. The number of nitrogens with one attached hydrogen (secondary N) is 1. The van der Waals surface area contributed by atoms with E-state index in [-0.39, 0.29) is 17.8 Å². The van der Waals surface area contributed by atoms with Crippen LogP contribution in [-0.2, 0) is 4.74 Å². The molecular formula is C17H18N2O4. The van der Waals surface area contributed by atoms with E-state index in [2.05, 4.69) is 10.3 Å². The molecule has 0 spiro atoms. The van der Waals surface area contributed by atoms with Crippen LogP contribution in [0.3, 0.4) is 0 Å². The van der Waals surface area contributed by atoms with Crippen LogP contribution in [0.15, 0.2) is 42.7 Å². The molecule has 0 saturated carbocycles. The molecule has 1 atom stereocenters. The Bertz CT molecular complexity index is 684. The van der Waals surface area contributed by atoms with Crippen LogP contribution in [-0.4, -0.2) is 35.3 Å². The number of hydrogen-bond acceptors (Lipinski definition) is 5. The average Bonchev–Trinajstić information content (AvgIpc) is 3.09. The first-order chi connectivity index (χ1) is 11.2. The topological polar surface area (TPSA) is 80.7 Å². The smallest absolute Gasteiger partial charge is 0.255 e. The van der Waals surface area contributed by atoms with Gasteiger partial charge in [-0.3, -0.25) is 9.78 Å². The van der Waals surface area contributed by atoms with Crippen LogP contribution in [0.4, 0.5) is 5.69 Å². The fourth-order valence-electron chi connectivity index (χ4n) is 2.38. The van der Waals surface area contributed by atoms with Crippen molar-refractivity contribution < 1.29 is 19.4 Å². The van der Waals surface area contributed by atoms with Crippen molar-refractivity contribution in [2.75, 3.05) is 18.5 Å². The van der Waals surface area contributed by atoms with Crippen LogP contribution >= 0.6 is 0 Å². The zero-order valence-electron chi connectivity index (χ0n) is 12.6. The number of carbonyl (C=O) groups excluding carboxylic acids is 1. The van der Waals surface area contributed by atoms with E-state index in [9.17, 15) is 9.90 Å². The van der Waals surface area contributed by atoms with Crippen molar-refractivity contribution in [3.05, 3.63) is 48.3 Å². The zero-order valence-corrected chi connectivity index (χ0v) is 12.6. The normalized spacial score (nSPS) is 17.0. The van der Waals surface area contributed by atoms with Gasteiger partial charge in [0.1, 0.15) is 12.4 Å². The Morgan fingerprint density at radius 2 is 2.35 bits per heavy atom. The van der Waals surface area contributed by atoms with Gasteiger partial charge in [-0.05, 0) is 37.1 Å². The van der Waals surface area contributed by atoms with E-state index >= 15 is 0 Å². The lowest BCUT2D eigenvalue weighted by Crippen LogP contribution is -2.17. The van der Waals surface area contributed by atoms with E-state index in [1.165, 1.54) is 18.5 Å². The third-order valence-corrected chi connectivity index (χ3v) is 3.60. The third kappa shape index (κ3) is 3.98. The Balaban J connectivity index is 1.64. The summed E-state index contributed by atoms with van der Waals surface area (Å²) in [4.78, 5) is 16.0. The predicted octanol–water partition coefficient (Wildman–Crippen LogP) is 2.60. The third-order valence-electron chi connectivity index (χ3n) is 3.60. The first-order valence-corrected chi connectivity index (χ1v) is 7.51. The second-order valence-corrected chi connectivity index (χ2v) is 5.32. The van der Waals surface area contributed by atoms with E-state index in [0.717, 1.165) is 19.4 Å². The summed E-state index contributed by atoms with van der Waals surface area (Å²) in [7, 11) is 0. The summed E-state index contributed by atoms with van der Waals surface area (Å²) >= 11 is 0. The zero-order chi connectivity index (χ0) is 16.1. The van der Waals surface area contributed by atoms with Crippen molar-refractivity contribution in [2.24, 2.45) is 0 Å². The molecule has 23 heavy (non-hydrogen) atoms. The Morgan fingerprint density at radius 3 is 3.13 bits per heavy atom. The molecule has 1 fully saturated rings. The molecule has 6 heteroatoms. The van der Waals surface area contributed by atoms with Crippen molar-refractivity contribution in [1.82, 2.24) is 4.98 Å². The number of nitrogens with zero attached hydrogens (tertiary/aromatic N) is 1. The highest BCUT2D eigenvalue weighted by molar-refractivity contribution is 6.05. The second kappa shape index (κ2) is 7.11. The molecule has 2 heterocycles. The molecule has 6 nitrogen and oxygen atoms in total. The molecule has 0 bridgehead atoms. The highest BCUT2D eigenvalue weighted by Crippen LogP contribution is 2.22. The minimum absolute atomic E-state index is 0.0772. The molecule has 120 valence electrons. The van der Waals surface area contributed by atoms with Crippen LogP contribution in [0.2, 0.25) is 0 Å². The summed E-state index contributed by atoms with van der Waals surface area (Å²) in [6.07, 6.45) is 4.96. The van der Waals surface area contributed by atoms with Gasteiger partial charge in [0.2, 0.25) is 0 Å². The minimum atomic E-state index is -0.325. The SMILES string of the molecule is O=C(Nc1ccncc1O)c1cccc(OC[C@@H]2CCCO2)c1. The minimum Gasteiger partial charge on any atom is -0.504 e. The van der Waals surface area contributed by atoms with Crippen LogP contribution in [0.1, 0.15) is 23.2 Å². The predicted molar refractivity (Wildman–Crippen MR) is 84.8 cm³/mol. The van der Waals surface area contributed by atoms with Gasteiger partial charge < -0.3 is 19.9 Å². The number of hydrogen-bond donors (Lipinski definition) is 2. The van der Waals surface area contributed by atoms with E-state index in [1.807, 2.05) is 0 Å². The van der Waals surface area contributed by atoms with Crippen molar-refractivity contribution in [3.8, 4) is 11.5 Å². The number of rotatable bonds is 5. The Labute approximate surface area is 134 Å². The quantitative estimate of drug-likeness (QED) is 0.886. The average molecular weight is 314 g/mol. The monoisotopic (exact) mass is 314 g/mol. The van der Waals surface area contributed by atoms with Crippen LogP contribution in [0, 0.1) is 0 Å². The number of ether oxygens (including phenoxy) is 2. The number of aromatic hydroxyl groups is 1. The van der Waals surface area contributed by atoms with Crippen molar-refractivity contribution in [1.29, 1.82) is 0 Å². The molecular weight excluding hydrogens is 296 g/mol. The largest absolute Gasteiger partial charge is 0.504 e. The molecule has 1 saturated heterocycles.